The summed E-state index contributed by atoms with van der Waals surface area (Å²) in [7, 11) is -2.28. The van der Waals surface area contributed by atoms with Crippen molar-refractivity contribution in [3.8, 4) is 0 Å². The van der Waals surface area contributed by atoms with Gasteiger partial charge in [-0.1, -0.05) is 48.5 Å². The van der Waals surface area contributed by atoms with E-state index in [1.165, 1.54) is 67.6 Å². The minimum absolute atomic E-state index is 0.0523. The molecule has 0 saturated heterocycles. The lowest BCUT2D eigenvalue weighted by atomic mass is 10.0. The molecule has 14 heteroatoms. The molecule has 0 aliphatic heterocycles. The number of ether oxygens (including phenoxy) is 1. The maximum absolute atomic E-state index is 13.5. The van der Waals surface area contributed by atoms with Crippen LogP contribution in [-0.2, 0) is 35.5 Å². The summed E-state index contributed by atoms with van der Waals surface area (Å²) in [6.45, 7) is 1.39. The van der Waals surface area contributed by atoms with Crippen molar-refractivity contribution < 1.29 is 47.3 Å². The van der Waals surface area contributed by atoms with E-state index in [4.69, 9.17) is 4.74 Å². The van der Waals surface area contributed by atoms with Crippen molar-refractivity contribution in [3.05, 3.63) is 96.1 Å². The third kappa shape index (κ3) is 6.97. The van der Waals surface area contributed by atoms with Gasteiger partial charge in [0.25, 0.3) is 0 Å². The SMILES string of the molecule is COC(=O)N(Cc1ccc(S(C)(=O)=O)cc1)[C@@H](C)C(=O)Nc1ccc(N(C(=O)C(=O)O)c2ccccc2C(=O)O)c2ccccc12. The number of hydrogen-bond donors (Lipinski definition) is 3. The molecule has 0 aromatic heterocycles. The van der Waals surface area contributed by atoms with E-state index in [-0.39, 0.29) is 34.1 Å². The number of benzene rings is 4. The second kappa shape index (κ2) is 13.5. The second-order valence-electron chi connectivity index (χ2n) is 10.1. The lowest BCUT2D eigenvalue weighted by molar-refractivity contribution is -0.148. The molecule has 0 aliphatic rings. The summed E-state index contributed by atoms with van der Waals surface area (Å²) in [5.41, 5.74) is 0.374. The van der Waals surface area contributed by atoms with Crippen LogP contribution >= 0.6 is 0 Å². The normalized spacial score (nSPS) is 11.7. The van der Waals surface area contributed by atoms with Crippen LogP contribution in [-0.4, -0.2) is 72.8 Å². The summed E-state index contributed by atoms with van der Waals surface area (Å²) in [5, 5.41) is 22.8. The van der Waals surface area contributed by atoms with E-state index in [2.05, 4.69) is 5.32 Å². The predicted octanol–water partition coefficient (Wildman–Crippen LogP) is 4.29. The third-order valence-corrected chi connectivity index (χ3v) is 8.25. The number of carbonyl (C=O) groups excluding carboxylic acids is 3. The predicted molar refractivity (Wildman–Crippen MR) is 168 cm³/mol. The van der Waals surface area contributed by atoms with E-state index >= 15 is 0 Å². The Morgan fingerprint density at radius 1 is 0.826 bits per heavy atom. The minimum Gasteiger partial charge on any atom is -0.478 e. The fourth-order valence-electron chi connectivity index (χ4n) is 4.78. The van der Waals surface area contributed by atoms with E-state index < -0.39 is 45.7 Å². The molecule has 4 rings (SSSR count). The second-order valence-corrected chi connectivity index (χ2v) is 12.1. The van der Waals surface area contributed by atoms with Gasteiger partial charge in [0.1, 0.15) is 6.04 Å². The van der Waals surface area contributed by atoms with Crippen LogP contribution in [0.15, 0.2) is 89.8 Å². The highest BCUT2D eigenvalue weighted by Gasteiger charge is 2.31. The first-order valence-corrected chi connectivity index (χ1v) is 15.5. The van der Waals surface area contributed by atoms with Crippen molar-refractivity contribution in [2.75, 3.05) is 23.6 Å². The molecular weight excluding hydrogens is 618 g/mol. The van der Waals surface area contributed by atoms with E-state index in [1.54, 1.807) is 24.3 Å². The van der Waals surface area contributed by atoms with Gasteiger partial charge in [0.05, 0.1) is 28.9 Å². The fourth-order valence-corrected chi connectivity index (χ4v) is 5.41. The Balaban J connectivity index is 1.71. The van der Waals surface area contributed by atoms with Crippen LogP contribution in [0.2, 0.25) is 0 Å². The lowest BCUT2D eigenvalue weighted by Gasteiger charge is -2.28. The molecule has 4 aromatic carbocycles. The molecule has 46 heavy (non-hydrogen) atoms. The first kappa shape index (κ1) is 33.1. The summed E-state index contributed by atoms with van der Waals surface area (Å²) in [5.74, 6) is -5.21. The number of rotatable bonds is 9. The van der Waals surface area contributed by atoms with Crippen LogP contribution in [0, 0.1) is 0 Å². The van der Waals surface area contributed by atoms with Crippen molar-refractivity contribution in [3.63, 3.8) is 0 Å². The molecule has 0 bridgehead atoms. The van der Waals surface area contributed by atoms with Gasteiger partial charge >= 0.3 is 23.9 Å². The van der Waals surface area contributed by atoms with Crippen molar-refractivity contribution in [1.82, 2.24) is 4.90 Å². The Hall–Kier alpha value is -5.76. The standard InChI is InChI=1S/C32H29N3O10S/c1-19(34(32(42)45-2)18-20-12-14-21(15-13-20)46(3,43)44)28(36)33-25-16-17-27(23-9-5-4-8-22(23)25)35(29(37)31(40)41)26-11-7-6-10-24(26)30(38)39/h4-17,19H,18H2,1-3H3,(H,33,36)(H,38,39)(H,40,41)/t19-/m0/s1. The molecule has 0 fully saturated rings. The average Bonchev–Trinajstić information content (AvgIpc) is 3.03. The molecule has 0 heterocycles. The van der Waals surface area contributed by atoms with Gasteiger partial charge in [0.15, 0.2) is 9.84 Å². The maximum atomic E-state index is 13.5. The van der Waals surface area contributed by atoms with Crippen molar-refractivity contribution >= 4 is 67.5 Å². The summed E-state index contributed by atoms with van der Waals surface area (Å²) in [4.78, 5) is 65.0. The highest BCUT2D eigenvalue weighted by molar-refractivity contribution is 7.90. The Labute approximate surface area is 263 Å². The number of sulfone groups is 1. The third-order valence-electron chi connectivity index (χ3n) is 7.12. The number of anilines is 3. The zero-order valence-corrected chi connectivity index (χ0v) is 25.6. The van der Waals surface area contributed by atoms with Crippen LogP contribution in [0.1, 0.15) is 22.8 Å². The van der Waals surface area contributed by atoms with E-state index in [9.17, 15) is 42.6 Å². The minimum atomic E-state index is -3.44. The smallest absolute Gasteiger partial charge is 0.410 e. The molecule has 238 valence electrons. The number of aliphatic carboxylic acids is 1. The fraction of sp³-hybridized carbons (Fsp3) is 0.156. The van der Waals surface area contributed by atoms with E-state index in [0.29, 0.717) is 16.3 Å². The number of hydrogen-bond acceptors (Lipinski definition) is 8. The molecule has 0 spiro atoms. The van der Waals surface area contributed by atoms with Gasteiger partial charge in [-0.25, -0.2) is 22.8 Å². The molecule has 1 atom stereocenters. The molecule has 0 unspecified atom stereocenters. The molecule has 0 aliphatic carbocycles. The van der Waals surface area contributed by atoms with Gasteiger partial charge in [0.2, 0.25) is 5.91 Å². The topological polar surface area (TPSA) is 188 Å². The molecule has 13 nitrogen and oxygen atoms in total. The highest BCUT2D eigenvalue weighted by atomic mass is 32.2. The highest BCUT2D eigenvalue weighted by Crippen LogP contribution is 2.37. The molecule has 3 N–H and O–H groups in total. The Morgan fingerprint density at radius 2 is 1.43 bits per heavy atom. The first-order chi connectivity index (χ1) is 21.7. The number of nitrogens with one attached hydrogen (secondary N) is 1. The Kier molecular flexibility index (Phi) is 9.71. The van der Waals surface area contributed by atoms with Crippen molar-refractivity contribution in [2.45, 2.75) is 24.4 Å². The number of para-hydroxylation sites is 1. The summed E-state index contributed by atoms with van der Waals surface area (Å²) < 4.78 is 28.5. The lowest BCUT2D eigenvalue weighted by Crippen LogP contribution is -2.45. The molecule has 0 saturated carbocycles. The monoisotopic (exact) mass is 647 g/mol. The van der Waals surface area contributed by atoms with Gasteiger partial charge in [-0.05, 0) is 48.9 Å². The number of methoxy groups -OCH3 is 1. The van der Waals surface area contributed by atoms with Crippen LogP contribution in [0.3, 0.4) is 0 Å². The van der Waals surface area contributed by atoms with Gasteiger partial charge < -0.3 is 20.3 Å². The number of nitrogens with zero attached hydrogens (tertiary/aromatic N) is 2. The Bertz CT molecular complexity index is 1960. The summed E-state index contributed by atoms with van der Waals surface area (Å²) in [6.07, 6.45) is 0.261. The summed E-state index contributed by atoms with van der Waals surface area (Å²) >= 11 is 0. The largest absolute Gasteiger partial charge is 0.478 e. The number of carbonyl (C=O) groups is 5. The van der Waals surface area contributed by atoms with Crippen LogP contribution in [0.4, 0.5) is 21.9 Å². The van der Waals surface area contributed by atoms with Crippen LogP contribution in [0.25, 0.3) is 10.8 Å². The number of amides is 3. The van der Waals surface area contributed by atoms with Gasteiger partial charge in [-0.15, -0.1) is 0 Å². The number of fused-ring (bicyclic) bond motifs is 1. The van der Waals surface area contributed by atoms with Crippen LogP contribution < -0.4 is 10.2 Å². The quantitative estimate of drug-likeness (QED) is 0.221. The molecule has 4 aromatic rings. The Morgan fingerprint density at radius 3 is 2.02 bits per heavy atom. The molecule has 0 radical (unpaired) electrons. The molecule has 3 amide bonds. The van der Waals surface area contributed by atoms with Gasteiger partial charge in [-0.3, -0.25) is 19.4 Å². The van der Waals surface area contributed by atoms with Gasteiger partial charge in [0, 0.05) is 29.3 Å². The number of carboxylic acid groups (broad SMARTS) is 2. The number of aromatic carboxylic acids is 1. The summed E-state index contributed by atoms with van der Waals surface area (Å²) in [6, 6.07) is 19.5. The van der Waals surface area contributed by atoms with Gasteiger partial charge in [-0.2, -0.15) is 0 Å². The molecular formula is C32H29N3O10S. The number of carboxylic acids is 2. The zero-order valence-electron chi connectivity index (χ0n) is 24.8. The first-order valence-electron chi connectivity index (χ1n) is 13.6. The maximum Gasteiger partial charge on any atom is 0.410 e. The van der Waals surface area contributed by atoms with E-state index in [1.807, 2.05) is 0 Å². The van der Waals surface area contributed by atoms with Crippen LogP contribution in [0.5, 0.6) is 0 Å². The van der Waals surface area contributed by atoms with Crippen molar-refractivity contribution in [1.29, 1.82) is 0 Å². The zero-order chi connectivity index (χ0) is 33.8. The average molecular weight is 648 g/mol. The van der Waals surface area contributed by atoms with Crippen molar-refractivity contribution in [2.24, 2.45) is 0 Å². The van der Waals surface area contributed by atoms with E-state index in [0.717, 1.165) is 23.2 Å².